The molecule has 6 nitrogen and oxygen atoms in total. The molecule has 2 heterocycles. The standard InChI is InChI=1S/C18H14N4O2/c1-12-7-9-13(10-8-12)17-19-15(24-22-17)11-16-20-21-18(23-16)14-5-3-2-4-6-14/h2-10H,11H2,1H3. The summed E-state index contributed by atoms with van der Waals surface area (Å²) in [7, 11) is 0. The summed E-state index contributed by atoms with van der Waals surface area (Å²) in [5, 5.41) is 12.1. The molecule has 0 atom stereocenters. The minimum Gasteiger partial charge on any atom is -0.420 e. The second-order valence-corrected chi connectivity index (χ2v) is 5.42. The van der Waals surface area contributed by atoms with Crippen LogP contribution < -0.4 is 0 Å². The fourth-order valence-electron chi connectivity index (χ4n) is 2.30. The molecule has 4 rings (SSSR count). The van der Waals surface area contributed by atoms with Crippen LogP contribution in [0.4, 0.5) is 0 Å². The van der Waals surface area contributed by atoms with Crippen molar-refractivity contribution in [2.75, 3.05) is 0 Å². The summed E-state index contributed by atoms with van der Waals surface area (Å²) in [6.45, 7) is 2.03. The van der Waals surface area contributed by atoms with Gasteiger partial charge in [-0.3, -0.25) is 0 Å². The van der Waals surface area contributed by atoms with Crippen LogP contribution >= 0.6 is 0 Å². The highest BCUT2D eigenvalue weighted by Crippen LogP contribution is 2.20. The smallest absolute Gasteiger partial charge is 0.247 e. The Balaban J connectivity index is 1.52. The van der Waals surface area contributed by atoms with Gasteiger partial charge in [0.2, 0.25) is 23.5 Å². The van der Waals surface area contributed by atoms with Crippen LogP contribution in [-0.2, 0) is 6.42 Å². The maximum absolute atomic E-state index is 5.65. The average molecular weight is 318 g/mol. The van der Waals surface area contributed by atoms with Crippen LogP contribution in [-0.4, -0.2) is 20.3 Å². The maximum Gasteiger partial charge on any atom is 0.247 e. The monoisotopic (exact) mass is 318 g/mol. The van der Waals surface area contributed by atoms with Gasteiger partial charge in [0.05, 0.1) is 0 Å². The van der Waals surface area contributed by atoms with Crippen molar-refractivity contribution in [3.63, 3.8) is 0 Å². The van der Waals surface area contributed by atoms with E-state index in [2.05, 4.69) is 20.3 Å². The molecule has 0 aliphatic rings. The van der Waals surface area contributed by atoms with Crippen LogP contribution in [0.25, 0.3) is 22.8 Å². The van der Waals surface area contributed by atoms with Crippen LogP contribution in [0.5, 0.6) is 0 Å². The van der Waals surface area contributed by atoms with Crippen LogP contribution in [0.15, 0.2) is 63.5 Å². The molecule has 0 saturated carbocycles. The van der Waals surface area contributed by atoms with Gasteiger partial charge < -0.3 is 8.94 Å². The zero-order valence-corrected chi connectivity index (χ0v) is 13.0. The quantitative estimate of drug-likeness (QED) is 0.571. The molecule has 0 bridgehead atoms. The van der Waals surface area contributed by atoms with E-state index >= 15 is 0 Å². The van der Waals surface area contributed by atoms with E-state index in [0.29, 0.717) is 29.9 Å². The van der Waals surface area contributed by atoms with Crippen LogP contribution in [0, 0.1) is 6.92 Å². The van der Waals surface area contributed by atoms with E-state index < -0.39 is 0 Å². The molecule has 0 aliphatic heterocycles. The predicted octanol–water partition coefficient (Wildman–Crippen LogP) is 3.69. The van der Waals surface area contributed by atoms with Gasteiger partial charge in [-0.2, -0.15) is 4.98 Å². The van der Waals surface area contributed by atoms with Gasteiger partial charge in [-0.25, -0.2) is 0 Å². The molecule has 24 heavy (non-hydrogen) atoms. The lowest BCUT2D eigenvalue weighted by Gasteiger charge is -1.94. The molecule has 0 saturated heterocycles. The van der Waals surface area contributed by atoms with Gasteiger partial charge in [-0.15, -0.1) is 10.2 Å². The third kappa shape index (κ3) is 2.94. The Morgan fingerprint density at radius 3 is 2.42 bits per heavy atom. The lowest BCUT2D eigenvalue weighted by Crippen LogP contribution is -1.89. The average Bonchev–Trinajstić information content (AvgIpc) is 3.27. The molecule has 0 N–H and O–H groups in total. The zero-order valence-electron chi connectivity index (χ0n) is 13.0. The molecule has 2 aromatic heterocycles. The Morgan fingerprint density at radius 1 is 0.833 bits per heavy atom. The first kappa shape index (κ1) is 14.3. The largest absolute Gasteiger partial charge is 0.420 e. The van der Waals surface area contributed by atoms with Gasteiger partial charge in [0.25, 0.3) is 0 Å². The highest BCUT2D eigenvalue weighted by molar-refractivity contribution is 5.54. The lowest BCUT2D eigenvalue weighted by molar-refractivity contribution is 0.374. The third-order valence-electron chi connectivity index (χ3n) is 3.57. The Hall–Kier alpha value is -3.28. The molecule has 0 unspecified atom stereocenters. The van der Waals surface area contributed by atoms with E-state index in [4.69, 9.17) is 8.94 Å². The SMILES string of the molecule is Cc1ccc(-c2noc(Cc3nnc(-c4ccccc4)o3)n2)cc1. The molecular formula is C18H14N4O2. The van der Waals surface area contributed by atoms with Crippen LogP contribution in [0.2, 0.25) is 0 Å². The molecule has 0 spiro atoms. The topological polar surface area (TPSA) is 77.8 Å². The maximum atomic E-state index is 5.65. The van der Waals surface area contributed by atoms with Crippen molar-refractivity contribution in [2.24, 2.45) is 0 Å². The molecule has 6 heteroatoms. The van der Waals surface area contributed by atoms with Crippen molar-refractivity contribution in [1.82, 2.24) is 20.3 Å². The van der Waals surface area contributed by atoms with Crippen LogP contribution in [0.3, 0.4) is 0 Å². The van der Waals surface area contributed by atoms with Crippen molar-refractivity contribution in [3.8, 4) is 22.8 Å². The van der Waals surface area contributed by atoms with E-state index in [1.54, 1.807) is 0 Å². The van der Waals surface area contributed by atoms with Gasteiger partial charge >= 0.3 is 0 Å². The fraction of sp³-hybridized carbons (Fsp3) is 0.111. The number of hydrogen-bond acceptors (Lipinski definition) is 6. The lowest BCUT2D eigenvalue weighted by atomic mass is 10.1. The molecular weight excluding hydrogens is 304 g/mol. The molecule has 0 aliphatic carbocycles. The summed E-state index contributed by atoms with van der Waals surface area (Å²) in [5.74, 6) is 1.90. The molecule has 0 amide bonds. The first-order valence-electron chi connectivity index (χ1n) is 7.55. The number of hydrogen-bond donors (Lipinski definition) is 0. The van der Waals surface area contributed by atoms with Crippen LogP contribution in [0.1, 0.15) is 17.3 Å². The first-order chi connectivity index (χ1) is 11.8. The second kappa shape index (κ2) is 6.08. The van der Waals surface area contributed by atoms with Gasteiger partial charge in [0.15, 0.2) is 0 Å². The van der Waals surface area contributed by atoms with E-state index in [0.717, 1.165) is 11.1 Å². The van der Waals surface area contributed by atoms with E-state index in [1.807, 2.05) is 61.5 Å². The highest BCUT2D eigenvalue weighted by Gasteiger charge is 2.14. The summed E-state index contributed by atoms with van der Waals surface area (Å²) in [4.78, 5) is 4.38. The minimum absolute atomic E-state index is 0.304. The number of rotatable bonds is 4. The third-order valence-corrected chi connectivity index (χ3v) is 3.57. The molecule has 4 aromatic rings. The summed E-state index contributed by atoms with van der Waals surface area (Å²) >= 11 is 0. The predicted molar refractivity (Wildman–Crippen MR) is 87.0 cm³/mol. The molecule has 0 radical (unpaired) electrons. The minimum atomic E-state index is 0.304. The van der Waals surface area contributed by atoms with Gasteiger partial charge in [0, 0.05) is 11.1 Å². The Bertz CT molecular complexity index is 943. The van der Waals surface area contributed by atoms with Gasteiger partial charge in [-0.1, -0.05) is 53.2 Å². The van der Waals surface area contributed by atoms with Gasteiger partial charge in [0.1, 0.15) is 6.42 Å². The van der Waals surface area contributed by atoms with Crippen molar-refractivity contribution < 1.29 is 8.94 Å². The molecule has 118 valence electrons. The zero-order chi connectivity index (χ0) is 16.4. The van der Waals surface area contributed by atoms with E-state index in [1.165, 1.54) is 5.56 Å². The second-order valence-electron chi connectivity index (χ2n) is 5.42. The molecule has 0 fully saturated rings. The Morgan fingerprint density at radius 2 is 1.62 bits per heavy atom. The normalized spacial score (nSPS) is 10.9. The van der Waals surface area contributed by atoms with E-state index in [9.17, 15) is 0 Å². The summed E-state index contributed by atoms with van der Waals surface area (Å²) in [6.07, 6.45) is 0.304. The molecule has 2 aromatic carbocycles. The Labute approximate surface area is 138 Å². The number of aryl methyl sites for hydroxylation is 1. The number of nitrogens with zero attached hydrogens (tertiary/aromatic N) is 4. The number of benzene rings is 2. The first-order valence-corrected chi connectivity index (χ1v) is 7.55. The summed E-state index contributed by atoms with van der Waals surface area (Å²) < 4.78 is 10.9. The van der Waals surface area contributed by atoms with Crippen molar-refractivity contribution in [3.05, 3.63) is 71.9 Å². The number of aromatic nitrogens is 4. The van der Waals surface area contributed by atoms with Crippen molar-refractivity contribution in [1.29, 1.82) is 0 Å². The highest BCUT2D eigenvalue weighted by atomic mass is 16.5. The van der Waals surface area contributed by atoms with Gasteiger partial charge in [-0.05, 0) is 19.1 Å². The van der Waals surface area contributed by atoms with Crippen molar-refractivity contribution in [2.45, 2.75) is 13.3 Å². The Kier molecular flexibility index (Phi) is 3.63. The van der Waals surface area contributed by atoms with E-state index in [-0.39, 0.29) is 0 Å². The summed E-state index contributed by atoms with van der Waals surface area (Å²) in [5.41, 5.74) is 2.97. The summed E-state index contributed by atoms with van der Waals surface area (Å²) in [6, 6.07) is 17.6. The fourth-order valence-corrected chi connectivity index (χ4v) is 2.30. The van der Waals surface area contributed by atoms with Crippen molar-refractivity contribution >= 4 is 0 Å².